The van der Waals surface area contributed by atoms with Crippen LogP contribution in [0.15, 0.2) is 35.4 Å². The van der Waals surface area contributed by atoms with Crippen LogP contribution in [0.1, 0.15) is 52.5 Å². The maximum atomic E-state index is 6.25. The second-order valence-corrected chi connectivity index (χ2v) is 7.61. The number of ether oxygens (including phenoxy) is 1. The zero-order valence-corrected chi connectivity index (χ0v) is 17.1. The number of nitrogens with one attached hydrogen (secondary N) is 1. The lowest BCUT2D eigenvalue weighted by atomic mass is 9.97. The summed E-state index contributed by atoms with van der Waals surface area (Å²) in [6.07, 6.45) is 3.36. The van der Waals surface area contributed by atoms with Crippen molar-refractivity contribution in [3.63, 3.8) is 0 Å². The van der Waals surface area contributed by atoms with E-state index in [1.54, 1.807) is 7.11 Å². The van der Waals surface area contributed by atoms with Crippen LogP contribution in [0.2, 0.25) is 0 Å². The van der Waals surface area contributed by atoms with Gasteiger partial charge in [0.1, 0.15) is 5.75 Å². The van der Waals surface area contributed by atoms with Gasteiger partial charge in [-0.1, -0.05) is 30.7 Å². The molecule has 140 valence electrons. The summed E-state index contributed by atoms with van der Waals surface area (Å²) in [5.41, 5.74) is 4.52. The molecule has 0 aliphatic heterocycles. The molecule has 0 bridgehead atoms. The highest BCUT2D eigenvalue weighted by Crippen LogP contribution is 2.45. The number of hydrogen-bond acceptors (Lipinski definition) is 3. The quantitative estimate of drug-likeness (QED) is 0.635. The average Bonchev–Trinajstić information content (AvgIpc) is 3.39. The van der Waals surface area contributed by atoms with Gasteiger partial charge in [-0.2, -0.15) is 0 Å². The van der Waals surface area contributed by atoms with E-state index in [0.717, 1.165) is 25.3 Å². The number of nitrogens with zero attached hydrogens (tertiary/aromatic N) is 1. The predicted molar refractivity (Wildman–Crippen MR) is 107 cm³/mol. The normalized spacial score (nSPS) is 17.8. The maximum absolute atomic E-state index is 6.25. The van der Waals surface area contributed by atoms with Gasteiger partial charge in [0.2, 0.25) is 0 Å². The van der Waals surface area contributed by atoms with E-state index in [1.807, 2.05) is 17.7 Å². The molecule has 2 rings (SSSR count). The summed E-state index contributed by atoms with van der Waals surface area (Å²) in [5, 5.41) is 3.75. The Balaban J connectivity index is 1.97. The molecule has 1 N–H and O–H groups in total. The number of methoxy groups -OCH3 is 1. The molecule has 1 saturated carbocycles. The van der Waals surface area contributed by atoms with E-state index in [9.17, 15) is 0 Å². The Bertz CT molecular complexity index is 564. The van der Waals surface area contributed by atoms with Gasteiger partial charge < -0.3 is 10.1 Å². The van der Waals surface area contributed by atoms with Crippen LogP contribution in [0.5, 0.6) is 5.75 Å². The highest BCUT2D eigenvalue weighted by molar-refractivity contribution is 6.25. The van der Waals surface area contributed by atoms with E-state index in [2.05, 4.69) is 50.0 Å². The van der Waals surface area contributed by atoms with Gasteiger partial charge >= 0.3 is 0 Å². The number of benzene rings is 1. The van der Waals surface area contributed by atoms with Crippen molar-refractivity contribution in [2.24, 2.45) is 0 Å². The van der Waals surface area contributed by atoms with Crippen molar-refractivity contribution in [1.29, 1.82) is 0 Å². The van der Waals surface area contributed by atoms with Gasteiger partial charge in [0.05, 0.1) is 7.11 Å². The highest BCUT2D eigenvalue weighted by atomic mass is 35.5. The summed E-state index contributed by atoms with van der Waals surface area (Å²) in [5.74, 6) is 0.897. The van der Waals surface area contributed by atoms with Gasteiger partial charge in [0.15, 0.2) is 0 Å². The standard InChI is InChI=1S/C21H33ClN2O/c1-6-24(16(2)3)17(4)13-19(14-22)21(11-12-21)23-15-18-7-9-20(25-5)10-8-18/h7-10,14,16-17,23H,6,11-13,15H2,1-5H3/b19-14+. The monoisotopic (exact) mass is 364 g/mol. The van der Waals surface area contributed by atoms with Crippen molar-refractivity contribution in [2.75, 3.05) is 13.7 Å². The molecule has 1 aliphatic rings. The lowest BCUT2D eigenvalue weighted by Crippen LogP contribution is -2.41. The SMILES string of the molecule is CCN(C(C)C)C(C)C/C(=C\Cl)C1(NCc2ccc(OC)cc2)CC1. The summed E-state index contributed by atoms with van der Waals surface area (Å²) >= 11 is 6.25. The Morgan fingerprint density at radius 2 is 1.92 bits per heavy atom. The molecule has 3 nitrogen and oxygen atoms in total. The van der Waals surface area contributed by atoms with Crippen LogP contribution < -0.4 is 10.1 Å². The minimum atomic E-state index is 0.0896. The van der Waals surface area contributed by atoms with E-state index in [0.29, 0.717) is 12.1 Å². The van der Waals surface area contributed by atoms with Gasteiger partial charge in [-0.05, 0) is 69.8 Å². The summed E-state index contributed by atoms with van der Waals surface area (Å²) in [6, 6.07) is 9.31. The third kappa shape index (κ3) is 5.22. The van der Waals surface area contributed by atoms with Crippen LogP contribution in [-0.4, -0.2) is 36.2 Å². The molecule has 1 aromatic rings. The fraction of sp³-hybridized carbons (Fsp3) is 0.619. The minimum Gasteiger partial charge on any atom is -0.497 e. The molecule has 1 unspecified atom stereocenters. The Hall–Kier alpha value is -1.03. The molecule has 0 aromatic heterocycles. The second-order valence-electron chi connectivity index (χ2n) is 7.40. The summed E-state index contributed by atoms with van der Waals surface area (Å²) in [4.78, 5) is 2.53. The zero-order chi connectivity index (χ0) is 18.4. The van der Waals surface area contributed by atoms with Crippen molar-refractivity contribution in [2.45, 2.75) is 71.1 Å². The summed E-state index contributed by atoms with van der Waals surface area (Å²) < 4.78 is 5.23. The zero-order valence-electron chi connectivity index (χ0n) is 16.3. The molecule has 0 spiro atoms. The Morgan fingerprint density at radius 1 is 1.28 bits per heavy atom. The summed E-state index contributed by atoms with van der Waals surface area (Å²) in [7, 11) is 1.70. The van der Waals surface area contributed by atoms with E-state index < -0.39 is 0 Å². The lowest BCUT2D eigenvalue weighted by Gasteiger charge is -2.34. The Kier molecular flexibility index (Phi) is 7.36. The van der Waals surface area contributed by atoms with Crippen molar-refractivity contribution >= 4 is 11.6 Å². The first-order valence-electron chi connectivity index (χ1n) is 9.39. The first-order valence-corrected chi connectivity index (χ1v) is 9.82. The molecule has 1 atom stereocenters. The van der Waals surface area contributed by atoms with Crippen LogP contribution in [-0.2, 0) is 6.54 Å². The van der Waals surface area contributed by atoms with E-state index in [1.165, 1.54) is 24.0 Å². The molecular weight excluding hydrogens is 332 g/mol. The van der Waals surface area contributed by atoms with Gasteiger partial charge in [0, 0.05) is 29.7 Å². The molecular formula is C21H33ClN2O. The minimum absolute atomic E-state index is 0.0896. The number of halogens is 1. The Labute approximate surface area is 158 Å². The molecule has 0 saturated heterocycles. The van der Waals surface area contributed by atoms with Crippen LogP contribution in [0.4, 0.5) is 0 Å². The third-order valence-electron chi connectivity index (χ3n) is 5.40. The van der Waals surface area contributed by atoms with Crippen LogP contribution >= 0.6 is 11.6 Å². The fourth-order valence-corrected chi connectivity index (χ4v) is 4.01. The maximum Gasteiger partial charge on any atom is 0.118 e. The van der Waals surface area contributed by atoms with Crippen LogP contribution in [0, 0.1) is 0 Å². The molecule has 0 amide bonds. The van der Waals surface area contributed by atoms with Gasteiger partial charge in [0.25, 0.3) is 0 Å². The van der Waals surface area contributed by atoms with E-state index in [-0.39, 0.29) is 5.54 Å². The molecule has 1 fully saturated rings. The first kappa shape index (κ1) is 20.3. The largest absolute Gasteiger partial charge is 0.497 e. The van der Waals surface area contributed by atoms with Gasteiger partial charge in [-0.25, -0.2) is 0 Å². The smallest absolute Gasteiger partial charge is 0.118 e. The predicted octanol–water partition coefficient (Wildman–Crippen LogP) is 4.95. The second kappa shape index (κ2) is 9.07. The summed E-state index contributed by atoms with van der Waals surface area (Å²) in [6.45, 7) is 11.0. The number of rotatable bonds is 10. The molecule has 1 aliphatic carbocycles. The van der Waals surface area contributed by atoms with Gasteiger partial charge in [-0.15, -0.1) is 0 Å². The molecule has 25 heavy (non-hydrogen) atoms. The van der Waals surface area contributed by atoms with Crippen LogP contribution in [0.25, 0.3) is 0 Å². The van der Waals surface area contributed by atoms with Crippen molar-refractivity contribution < 1.29 is 4.74 Å². The first-order chi connectivity index (χ1) is 12.0. The topological polar surface area (TPSA) is 24.5 Å². The fourth-order valence-electron chi connectivity index (χ4n) is 3.72. The molecule has 4 heteroatoms. The van der Waals surface area contributed by atoms with E-state index in [4.69, 9.17) is 16.3 Å². The highest BCUT2D eigenvalue weighted by Gasteiger charge is 2.45. The average molecular weight is 365 g/mol. The molecule has 1 aromatic carbocycles. The van der Waals surface area contributed by atoms with Crippen molar-refractivity contribution in [3.8, 4) is 5.75 Å². The van der Waals surface area contributed by atoms with Crippen molar-refractivity contribution in [1.82, 2.24) is 10.2 Å². The van der Waals surface area contributed by atoms with E-state index >= 15 is 0 Å². The number of hydrogen-bond donors (Lipinski definition) is 1. The van der Waals surface area contributed by atoms with Gasteiger partial charge in [-0.3, -0.25) is 4.90 Å². The van der Waals surface area contributed by atoms with Crippen molar-refractivity contribution in [3.05, 3.63) is 40.9 Å². The molecule has 0 heterocycles. The lowest BCUT2D eigenvalue weighted by molar-refractivity contribution is 0.170. The Morgan fingerprint density at radius 3 is 2.36 bits per heavy atom. The molecule has 0 radical (unpaired) electrons. The van der Waals surface area contributed by atoms with Crippen LogP contribution in [0.3, 0.4) is 0 Å². The third-order valence-corrected chi connectivity index (χ3v) is 5.66.